The van der Waals surface area contributed by atoms with Crippen LogP contribution in [0.3, 0.4) is 0 Å². The maximum Gasteiger partial charge on any atom is 0.106 e. The van der Waals surface area contributed by atoms with Crippen molar-refractivity contribution in [2.45, 2.75) is 19.9 Å². The monoisotopic (exact) mass is 127 g/mol. The Hall–Kier alpha value is -0.860. The molecule has 0 aromatic heterocycles. The maximum absolute atomic E-state index is 3.80. The Morgan fingerprint density at radius 3 is 2.22 bits per heavy atom. The summed E-state index contributed by atoms with van der Waals surface area (Å²) >= 11 is 0. The largest absolute Gasteiger partial charge is 0.277 e. The van der Waals surface area contributed by atoms with Crippen LogP contribution in [-0.4, -0.2) is 31.2 Å². The first-order valence-corrected chi connectivity index (χ1v) is 2.89. The molecular formula is C6H13N3. The van der Waals surface area contributed by atoms with Crippen molar-refractivity contribution in [3.8, 4) is 0 Å². The van der Waals surface area contributed by atoms with E-state index in [1.54, 1.807) is 18.4 Å². The Morgan fingerprint density at radius 2 is 2.11 bits per heavy atom. The molecule has 0 amide bonds. The molecule has 0 unspecified atom stereocenters. The molecule has 0 N–H and O–H groups in total. The van der Waals surface area contributed by atoms with Gasteiger partial charge in [-0.3, -0.25) is 10.0 Å². The van der Waals surface area contributed by atoms with Gasteiger partial charge in [-0.05, 0) is 13.8 Å². The van der Waals surface area contributed by atoms with Crippen LogP contribution in [-0.2, 0) is 0 Å². The highest BCUT2D eigenvalue weighted by Crippen LogP contribution is 1.92. The molecule has 0 aromatic rings. The van der Waals surface area contributed by atoms with Crippen molar-refractivity contribution < 1.29 is 0 Å². The minimum atomic E-state index is 0.339. The lowest BCUT2D eigenvalue weighted by Crippen LogP contribution is -2.22. The molecule has 0 aliphatic carbocycles. The first kappa shape index (κ1) is 8.14. The molecule has 0 saturated heterocycles. The van der Waals surface area contributed by atoms with Gasteiger partial charge in [0, 0.05) is 19.8 Å². The Morgan fingerprint density at radius 1 is 1.56 bits per heavy atom. The Bertz CT molecular complexity index is 107. The van der Waals surface area contributed by atoms with Gasteiger partial charge in [0.2, 0.25) is 0 Å². The second-order valence-corrected chi connectivity index (χ2v) is 1.99. The van der Waals surface area contributed by atoms with Gasteiger partial charge in [0.1, 0.15) is 6.34 Å². The van der Waals surface area contributed by atoms with Gasteiger partial charge in [0.25, 0.3) is 0 Å². The minimum absolute atomic E-state index is 0.339. The topological polar surface area (TPSA) is 28.0 Å². The van der Waals surface area contributed by atoms with E-state index in [9.17, 15) is 0 Å². The van der Waals surface area contributed by atoms with Crippen molar-refractivity contribution in [2.24, 2.45) is 10.1 Å². The van der Waals surface area contributed by atoms with Gasteiger partial charge in [-0.25, -0.2) is 0 Å². The van der Waals surface area contributed by atoms with E-state index in [-0.39, 0.29) is 0 Å². The fourth-order valence-electron chi connectivity index (χ4n) is 0.451. The van der Waals surface area contributed by atoms with Crippen molar-refractivity contribution in [3.05, 3.63) is 0 Å². The molecule has 0 aromatic carbocycles. The lowest BCUT2D eigenvalue weighted by molar-refractivity contribution is 0.382. The first-order valence-electron chi connectivity index (χ1n) is 2.89. The van der Waals surface area contributed by atoms with Gasteiger partial charge in [-0.15, -0.1) is 0 Å². The van der Waals surface area contributed by atoms with E-state index < -0.39 is 0 Å². The van der Waals surface area contributed by atoms with Gasteiger partial charge >= 0.3 is 0 Å². The van der Waals surface area contributed by atoms with Crippen molar-refractivity contribution in [1.82, 2.24) is 5.01 Å². The van der Waals surface area contributed by atoms with Crippen LogP contribution in [0.15, 0.2) is 10.1 Å². The molecule has 52 valence electrons. The minimum Gasteiger partial charge on any atom is -0.277 e. The van der Waals surface area contributed by atoms with Gasteiger partial charge in [-0.2, -0.15) is 5.10 Å². The van der Waals surface area contributed by atoms with Gasteiger partial charge in [0.15, 0.2) is 0 Å². The zero-order chi connectivity index (χ0) is 7.28. The predicted octanol–water partition coefficient (Wildman–Crippen LogP) is 0.970. The summed E-state index contributed by atoms with van der Waals surface area (Å²) in [5.41, 5.74) is 0. The third kappa shape index (κ3) is 2.85. The van der Waals surface area contributed by atoms with Crippen LogP contribution < -0.4 is 0 Å². The highest BCUT2D eigenvalue weighted by Gasteiger charge is 1.98. The summed E-state index contributed by atoms with van der Waals surface area (Å²) in [6.07, 6.45) is 1.65. The van der Waals surface area contributed by atoms with E-state index in [4.69, 9.17) is 0 Å². The van der Waals surface area contributed by atoms with Gasteiger partial charge in [-0.1, -0.05) is 0 Å². The fraction of sp³-hybridized carbons (Fsp3) is 0.667. The van der Waals surface area contributed by atoms with Crippen LogP contribution in [0.5, 0.6) is 0 Å². The summed E-state index contributed by atoms with van der Waals surface area (Å²) in [6, 6.07) is 0.339. The van der Waals surface area contributed by atoms with Gasteiger partial charge < -0.3 is 0 Å². The lowest BCUT2D eigenvalue weighted by atomic mass is 10.4. The average Bonchev–Trinajstić information content (AvgIpc) is 1.82. The Labute approximate surface area is 56.1 Å². The highest BCUT2D eigenvalue weighted by atomic mass is 15.5. The summed E-state index contributed by atoms with van der Waals surface area (Å²) in [4.78, 5) is 3.80. The second-order valence-electron chi connectivity index (χ2n) is 1.99. The first-order chi connectivity index (χ1) is 4.22. The normalized spacial score (nSPS) is 10.7. The van der Waals surface area contributed by atoms with Gasteiger partial charge in [0.05, 0.1) is 0 Å². The fourth-order valence-corrected chi connectivity index (χ4v) is 0.451. The molecule has 0 aliphatic heterocycles. The highest BCUT2D eigenvalue weighted by molar-refractivity contribution is 5.55. The van der Waals surface area contributed by atoms with Crippen molar-refractivity contribution in [2.75, 3.05) is 7.05 Å². The lowest BCUT2D eigenvalue weighted by Gasteiger charge is -2.15. The molecule has 0 bridgehead atoms. The molecule has 0 spiro atoms. The number of hydrogen-bond acceptors (Lipinski definition) is 2. The number of hydrogen-bond donors (Lipinski definition) is 0. The molecule has 0 saturated carbocycles. The standard InChI is InChI=1S/C6H13N3/c1-6(2)9(8-4)5-7-3/h5-6H,4H2,1-3H3/b7-5-. The zero-order valence-corrected chi connectivity index (χ0v) is 6.20. The molecule has 0 radical (unpaired) electrons. The molecule has 0 heterocycles. The predicted molar refractivity (Wildman–Crippen MR) is 40.9 cm³/mol. The van der Waals surface area contributed by atoms with Crippen LogP contribution >= 0.6 is 0 Å². The SMILES string of the molecule is C=NN(/C=N\C)C(C)C. The van der Waals surface area contributed by atoms with Crippen molar-refractivity contribution >= 4 is 13.1 Å². The molecule has 0 rings (SSSR count). The molecular weight excluding hydrogens is 114 g/mol. The van der Waals surface area contributed by atoms with Crippen molar-refractivity contribution in [1.29, 1.82) is 0 Å². The summed E-state index contributed by atoms with van der Waals surface area (Å²) in [6.45, 7) is 7.43. The van der Waals surface area contributed by atoms with Crippen LogP contribution in [0.4, 0.5) is 0 Å². The molecule has 0 aliphatic rings. The number of rotatable bonds is 3. The quantitative estimate of drug-likeness (QED) is 0.315. The van der Waals surface area contributed by atoms with E-state index in [1.165, 1.54) is 0 Å². The summed E-state index contributed by atoms with van der Waals surface area (Å²) in [5, 5.41) is 5.41. The zero-order valence-electron chi connectivity index (χ0n) is 6.20. The van der Waals surface area contributed by atoms with Crippen molar-refractivity contribution in [3.63, 3.8) is 0 Å². The molecule has 0 fully saturated rings. The van der Waals surface area contributed by atoms with E-state index in [1.807, 2.05) is 13.8 Å². The molecule has 9 heavy (non-hydrogen) atoms. The van der Waals surface area contributed by atoms with Crippen LogP contribution in [0.2, 0.25) is 0 Å². The summed E-state index contributed by atoms with van der Waals surface area (Å²) < 4.78 is 0. The number of nitrogens with zero attached hydrogens (tertiary/aromatic N) is 3. The van der Waals surface area contributed by atoms with E-state index in [2.05, 4.69) is 16.8 Å². The summed E-state index contributed by atoms with van der Waals surface area (Å²) in [7, 11) is 1.71. The summed E-state index contributed by atoms with van der Waals surface area (Å²) in [5.74, 6) is 0. The maximum atomic E-state index is 3.80. The van der Waals surface area contributed by atoms with E-state index in [0.29, 0.717) is 6.04 Å². The van der Waals surface area contributed by atoms with Crippen LogP contribution in [0.25, 0.3) is 0 Å². The molecule has 3 nitrogen and oxygen atoms in total. The smallest absolute Gasteiger partial charge is 0.106 e. The van der Waals surface area contributed by atoms with E-state index in [0.717, 1.165) is 0 Å². The Kier molecular flexibility index (Phi) is 3.67. The third-order valence-corrected chi connectivity index (χ3v) is 0.926. The van der Waals surface area contributed by atoms with Crippen LogP contribution in [0.1, 0.15) is 13.8 Å². The third-order valence-electron chi connectivity index (χ3n) is 0.926. The second kappa shape index (κ2) is 4.06. The van der Waals surface area contributed by atoms with Crippen LogP contribution in [0, 0.1) is 0 Å². The number of aliphatic imine (C=N–C) groups is 1. The molecule has 3 heteroatoms. The van der Waals surface area contributed by atoms with E-state index >= 15 is 0 Å². The number of hydrazone groups is 1. The average molecular weight is 127 g/mol. The molecule has 0 atom stereocenters. The Balaban J connectivity index is 3.82.